The number of carbonyl (C=O) groups is 1. The number of rotatable bonds is 9. The Balaban J connectivity index is 0.000000230. The number of aliphatic hydroxyl groups excluding tert-OH is 1. The molecule has 227 valence electrons. The molecule has 0 atom stereocenters. The molecule has 0 amide bonds. The van der Waals surface area contributed by atoms with Crippen LogP contribution in [0.5, 0.6) is 0 Å². The maximum absolute atomic E-state index is 11.7. The Morgan fingerprint density at radius 3 is 2.28 bits per heavy atom. The van der Waals surface area contributed by atoms with E-state index in [2.05, 4.69) is 72.8 Å². The molecule has 0 aliphatic carbocycles. The molecule has 3 aromatic carbocycles. The van der Waals surface area contributed by atoms with Gasteiger partial charge in [0, 0.05) is 66.0 Å². The van der Waals surface area contributed by atoms with E-state index in [9.17, 15) is 9.90 Å². The van der Waals surface area contributed by atoms with Gasteiger partial charge in [0.25, 0.3) is 0 Å². The number of allylic oxidation sites excluding steroid dienone is 2. The number of aromatic nitrogens is 2. The molecule has 0 unspecified atom stereocenters. The average Bonchev–Trinajstić information content (AvgIpc) is 3.34. The molecule has 0 saturated heterocycles. The van der Waals surface area contributed by atoms with E-state index in [1.807, 2.05) is 40.0 Å². The Labute approximate surface area is 268 Å². The first-order valence-electron chi connectivity index (χ1n) is 15.6. The number of pyridine rings is 2. The molecule has 4 nitrogen and oxygen atoms in total. The van der Waals surface area contributed by atoms with Gasteiger partial charge in [0.2, 0.25) is 0 Å². The fourth-order valence-corrected chi connectivity index (χ4v) is 6.52. The van der Waals surface area contributed by atoms with E-state index >= 15 is 0 Å². The monoisotopic (exact) mass is 752 g/mol. The minimum absolute atomic E-state index is 0. The second-order valence-corrected chi connectivity index (χ2v) is 11.9. The summed E-state index contributed by atoms with van der Waals surface area (Å²) in [5.74, 6) is 1.17. The van der Waals surface area contributed by atoms with Crippen LogP contribution in [0.4, 0.5) is 0 Å². The molecule has 0 aliphatic rings. The quantitative estimate of drug-likeness (QED) is 0.0526. The topological polar surface area (TPSA) is 54.6 Å². The number of hydrogen-bond acceptors (Lipinski definition) is 3. The van der Waals surface area contributed by atoms with Gasteiger partial charge in [0.05, 0.1) is 5.76 Å². The first-order valence-corrected chi connectivity index (χ1v) is 15.6. The van der Waals surface area contributed by atoms with Gasteiger partial charge in [-0.3, -0.25) is 4.79 Å². The molecule has 3 aromatic heterocycles. The molecule has 0 fully saturated rings. The average molecular weight is 752 g/mol. The van der Waals surface area contributed by atoms with Gasteiger partial charge in [-0.1, -0.05) is 65.8 Å². The van der Waals surface area contributed by atoms with E-state index in [-0.39, 0.29) is 43.5 Å². The van der Waals surface area contributed by atoms with Gasteiger partial charge >= 0.3 is 0 Å². The second-order valence-electron chi connectivity index (χ2n) is 11.9. The molecular formula is C38H43IrN2O2-. The molecule has 0 aliphatic heterocycles. The standard InChI is InChI=1S/C25H19N2.C13H24O2.Ir/c1-15(2)14-17-6-5-9-21-22(17)19-11-10-16-12-13-26-24-18-7-3-4-8-20(18)27(21)25(19)23(16)24;1-5-10(6-2)12(14)9-13(15)11(7-3)8-4;/h3-6,8-13,15H,14H2,1-2H3;9-11,14H,5-8H2,1-4H3;/q-1;;/b;12-9-;. The zero-order chi connectivity index (χ0) is 30.0. The van der Waals surface area contributed by atoms with Crippen molar-refractivity contribution in [2.75, 3.05) is 0 Å². The number of nitrogens with zero attached hydrogens (tertiary/aromatic N) is 2. The summed E-state index contributed by atoms with van der Waals surface area (Å²) < 4.78 is 2.43. The summed E-state index contributed by atoms with van der Waals surface area (Å²) >= 11 is 0. The van der Waals surface area contributed by atoms with Crippen LogP contribution in [0.1, 0.15) is 72.8 Å². The first-order chi connectivity index (χ1) is 20.3. The summed E-state index contributed by atoms with van der Waals surface area (Å²) in [5.41, 5.74) is 6.23. The summed E-state index contributed by atoms with van der Waals surface area (Å²) in [6, 6.07) is 23.1. The van der Waals surface area contributed by atoms with E-state index in [4.69, 9.17) is 4.98 Å². The van der Waals surface area contributed by atoms with Crippen molar-refractivity contribution >= 4 is 54.8 Å². The number of benzene rings is 3. The zero-order valence-electron chi connectivity index (χ0n) is 26.2. The molecule has 0 saturated carbocycles. The van der Waals surface area contributed by atoms with Crippen LogP contribution in [-0.2, 0) is 31.3 Å². The van der Waals surface area contributed by atoms with Gasteiger partial charge in [0.1, 0.15) is 0 Å². The minimum Gasteiger partial charge on any atom is -0.512 e. The van der Waals surface area contributed by atoms with E-state index < -0.39 is 0 Å². The van der Waals surface area contributed by atoms with Crippen molar-refractivity contribution in [1.29, 1.82) is 0 Å². The maximum Gasteiger partial charge on any atom is 0.162 e. The molecule has 43 heavy (non-hydrogen) atoms. The van der Waals surface area contributed by atoms with Gasteiger partial charge < -0.3 is 14.5 Å². The zero-order valence-corrected chi connectivity index (χ0v) is 28.6. The van der Waals surface area contributed by atoms with Crippen molar-refractivity contribution in [3.63, 3.8) is 0 Å². The van der Waals surface area contributed by atoms with Crippen molar-refractivity contribution in [1.82, 2.24) is 9.38 Å². The summed E-state index contributed by atoms with van der Waals surface area (Å²) in [5, 5.41) is 16.1. The molecule has 1 N–H and O–H groups in total. The normalized spacial score (nSPS) is 12.3. The van der Waals surface area contributed by atoms with Crippen molar-refractivity contribution < 1.29 is 30.0 Å². The van der Waals surface area contributed by atoms with Crippen molar-refractivity contribution in [2.24, 2.45) is 17.8 Å². The van der Waals surface area contributed by atoms with Gasteiger partial charge in [-0.05, 0) is 77.5 Å². The van der Waals surface area contributed by atoms with E-state index in [0.29, 0.717) is 5.92 Å². The number of hydrogen-bond donors (Lipinski definition) is 1. The van der Waals surface area contributed by atoms with Crippen LogP contribution >= 0.6 is 0 Å². The largest absolute Gasteiger partial charge is 0.512 e. The molecule has 0 bridgehead atoms. The Morgan fingerprint density at radius 2 is 1.60 bits per heavy atom. The van der Waals surface area contributed by atoms with Crippen LogP contribution < -0.4 is 0 Å². The third-order valence-corrected chi connectivity index (χ3v) is 8.79. The maximum atomic E-state index is 11.7. The Bertz CT molecular complexity index is 1860. The molecule has 6 aromatic rings. The number of fused-ring (bicyclic) bond motifs is 6. The fraction of sp³-hybridized carbons (Fsp3) is 0.368. The third kappa shape index (κ3) is 6.08. The second kappa shape index (κ2) is 14.0. The van der Waals surface area contributed by atoms with Crippen LogP contribution in [-0.4, -0.2) is 20.3 Å². The van der Waals surface area contributed by atoms with E-state index in [1.54, 1.807) is 0 Å². The number of ketones is 1. The Hall–Kier alpha value is -3.27. The first kappa shape index (κ1) is 32.6. The van der Waals surface area contributed by atoms with E-state index in [1.165, 1.54) is 49.7 Å². The van der Waals surface area contributed by atoms with Crippen LogP contribution in [0.3, 0.4) is 0 Å². The summed E-state index contributed by atoms with van der Waals surface area (Å²) in [6.45, 7) is 12.7. The minimum atomic E-state index is 0. The summed E-state index contributed by atoms with van der Waals surface area (Å²) in [7, 11) is 0. The predicted molar refractivity (Wildman–Crippen MR) is 178 cm³/mol. The van der Waals surface area contributed by atoms with Crippen LogP contribution in [0, 0.1) is 23.8 Å². The third-order valence-electron chi connectivity index (χ3n) is 8.79. The van der Waals surface area contributed by atoms with Gasteiger partial charge in [0.15, 0.2) is 5.78 Å². The van der Waals surface area contributed by atoms with Crippen LogP contribution in [0.15, 0.2) is 72.6 Å². The molecule has 0 spiro atoms. The van der Waals surface area contributed by atoms with Crippen molar-refractivity contribution in [3.8, 4) is 0 Å². The SMILES string of the molecule is CC(C)Cc1cccc2c1c1ccc3ccnc4c5[c-]cccc5n2c1c34.CCC(CC)C(=O)/C=C(\O)C(CC)CC.[Ir]. The van der Waals surface area contributed by atoms with Gasteiger partial charge in [-0.25, -0.2) is 0 Å². The summed E-state index contributed by atoms with van der Waals surface area (Å²) in [6.07, 6.45) is 7.90. The van der Waals surface area contributed by atoms with E-state index in [0.717, 1.165) is 43.0 Å². The fourth-order valence-electron chi connectivity index (χ4n) is 6.52. The number of carbonyl (C=O) groups excluding carboxylic acids is 1. The molecule has 1 radical (unpaired) electrons. The Morgan fingerprint density at radius 1 is 0.907 bits per heavy atom. The summed E-state index contributed by atoms with van der Waals surface area (Å²) in [4.78, 5) is 16.5. The van der Waals surface area contributed by atoms with Gasteiger partial charge in [-0.15, -0.1) is 29.7 Å². The molecule has 6 rings (SSSR count). The smallest absolute Gasteiger partial charge is 0.162 e. The number of aliphatic hydroxyl groups is 1. The van der Waals surface area contributed by atoms with Crippen molar-refractivity contribution in [3.05, 3.63) is 84.3 Å². The van der Waals surface area contributed by atoms with Crippen LogP contribution in [0.25, 0.3) is 49.0 Å². The Kier molecular flexibility index (Phi) is 10.6. The van der Waals surface area contributed by atoms with Gasteiger partial charge in [-0.2, -0.15) is 0 Å². The molecule has 5 heteroatoms. The molecular weight excluding hydrogens is 709 g/mol. The predicted octanol–water partition coefficient (Wildman–Crippen LogP) is 10.3. The van der Waals surface area contributed by atoms with Crippen LogP contribution in [0.2, 0.25) is 0 Å². The molecule has 3 heterocycles. The van der Waals surface area contributed by atoms with Crippen molar-refractivity contribution in [2.45, 2.75) is 73.6 Å².